The van der Waals surface area contributed by atoms with Crippen LogP contribution >= 0.6 is 0 Å². The maximum atomic E-state index is 11.6. The van der Waals surface area contributed by atoms with Crippen molar-refractivity contribution < 1.29 is 4.79 Å². The van der Waals surface area contributed by atoms with E-state index in [4.69, 9.17) is 5.26 Å². The lowest BCUT2D eigenvalue weighted by atomic mass is 9.92. The number of rotatable bonds is 2. The molecule has 2 rings (SSSR count). The fourth-order valence-corrected chi connectivity index (χ4v) is 2.45. The van der Waals surface area contributed by atoms with Crippen molar-refractivity contribution in [1.29, 1.82) is 5.26 Å². The summed E-state index contributed by atoms with van der Waals surface area (Å²) in [6.07, 6.45) is 3.24. The Hall–Kier alpha value is -1.08. The van der Waals surface area contributed by atoms with Crippen molar-refractivity contribution in [3.63, 3.8) is 0 Å². The summed E-state index contributed by atoms with van der Waals surface area (Å²) in [7, 11) is 0. The SMILES string of the molecule is N#CCNC(=O)C1CC12CCNCC2. The fraction of sp³-hybridized carbons (Fsp3) is 0.800. The van der Waals surface area contributed by atoms with E-state index < -0.39 is 0 Å². The molecule has 0 aromatic carbocycles. The molecule has 1 saturated heterocycles. The van der Waals surface area contributed by atoms with Crippen molar-refractivity contribution in [2.75, 3.05) is 19.6 Å². The van der Waals surface area contributed by atoms with Crippen LogP contribution in [0.1, 0.15) is 19.3 Å². The fourth-order valence-electron chi connectivity index (χ4n) is 2.45. The topological polar surface area (TPSA) is 64.9 Å². The number of hydrogen-bond acceptors (Lipinski definition) is 3. The van der Waals surface area contributed by atoms with E-state index in [1.54, 1.807) is 0 Å². The minimum absolute atomic E-state index is 0.0773. The number of piperidine rings is 1. The molecular weight excluding hydrogens is 178 g/mol. The van der Waals surface area contributed by atoms with E-state index in [9.17, 15) is 4.79 Å². The van der Waals surface area contributed by atoms with Gasteiger partial charge in [0.05, 0.1) is 6.07 Å². The highest BCUT2D eigenvalue weighted by molar-refractivity contribution is 5.82. The lowest BCUT2D eigenvalue weighted by Crippen LogP contribution is -2.33. The first-order valence-electron chi connectivity index (χ1n) is 5.14. The van der Waals surface area contributed by atoms with Crippen molar-refractivity contribution in [3.05, 3.63) is 0 Å². The van der Waals surface area contributed by atoms with Gasteiger partial charge in [-0.25, -0.2) is 0 Å². The maximum absolute atomic E-state index is 11.6. The second-order valence-electron chi connectivity index (χ2n) is 4.25. The molecule has 1 aliphatic carbocycles. The molecule has 1 unspecified atom stereocenters. The Balaban J connectivity index is 1.85. The van der Waals surface area contributed by atoms with E-state index in [0.717, 1.165) is 32.4 Å². The summed E-state index contributed by atoms with van der Waals surface area (Å²) in [5, 5.41) is 14.3. The lowest BCUT2D eigenvalue weighted by Gasteiger charge is -2.22. The van der Waals surface area contributed by atoms with Gasteiger partial charge in [0.15, 0.2) is 0 Å². The van der Waals surface area contributed by atoms with Crippen LogP contribution in [0.15, 0.2) is 0 Å². The number of carbonyl (C=O) groups excluding carboxylic acids is 1. The predicted octanol–water partition coefficient (Wildman–Crippen LogP) is 0.0159. The molecule has 1 aliphatic heterocycles. The summed E-state index contributed by atoms with van der Waals surface area (Å²) in [5.74, 6) is 0.256. The second-order valence-corrected chi connectivity index (χ2v) is 4.25. The van der Waals surface area contributed by atoms with Gasteiger partial charge in [-0.15, -0.1) is 0 Å². The Labute approximate surface area is 83.7 Å². The molecule has 2 aliphatic rings. The molecule has 0 aromatic heterocycles. The second kappa shape index (κ2) is 3.58. The van der Waals surface area contributed by atoms with Crippen molar-refractivity contribution in [2.45, 2.75) is 19.3 Å². The van der Waals surface area contributed by atoms with Gasteiger partial charge in [0.1, 0.15) is 6.54 Å². The third-order valence-electron chi connectivity index (χ3n) is 3.45. The molecule has 0 aromatic rings. The predicted molar refractivity (Wildman–Crippen MR) is 51.3 cm³/mol. The van der Waals surface area contributed by atoms with Gasteiger partial charge in [-0.1, -0.05) is 0 Å². The van der Waals surface area contributed by atoms with Gasteiger partial charge in [-0.3, -0.25) is 4.79 Å². The van der Waals surface area contributed by atoms with Crippen LogP contribution in [0.3, 0.4) is 0 Å². The van der Waals surface area contributed by atoms with Crippen LogP contribution in [0, 0.1) is 22.7 Å². The van der Waals surface area contributed by atoms with Crippen molar-refractivity contribution in [2.24, 2.45) is 11.3 Å². The van der Waals surface area contributed by atoms with Crippen LogP contribution in [0.4, 0.5) is 0 Å². The average molecular weight is 193 g/mol. The number of nitrogens with zero attached hydrogens (tertiary/aromatic N) is 1. The van der Waals surface area contributed by atoms with Gasteiger partial charge >= 0.3 is 0 Å². The molecule has 14 heavy (non-hydrogen) atoms. The summed E-state index contributed by atoms with van der Waals surface area (Å²) in [6, 6.07) is 1.93. The van der Waals surface area contributed by atoms with E-state index in [1.807, 2.05) is 6.07 Å². The third kappa shape index (κ3) is 1.60. The Bertz CT molecular complexity index is 276. The van der Waals surface area contributed by atoms with Gasteiger partial charge in [-0.05, 0) is 37.8 Å². The monoisotopic (exact) mass is 193 g/mol. The zero-order chi connectivity index (χ0) is 10.0. The number of amides is 1. The molecule has 0 radical (unpaired) electrons. The molecule has 1 heterocycles. The minimum Gasteiger partial charge on any atom is -0.343 e. The van der Waals surface area contributed by atoms with Crippen molar-refractivity contribution in [3.8, 4) is 6.07 Å². The van der Waals surface area contributed by atoms with E-state index in [1.165, 1.54) is 0 Å². The molecular formula is C10H15N3O. The quantitative estimate of drug-likeness (QED) is 0.607. The highest BCUT2D eigenvalue weighted by atomic mass is 16.2. The van der Waals surface area contributed by atoms with Gasteiger partial charge in [-0.2, -0.15) is 5.26 Å². The van der Waals surface area contributed by atoms with Gasteiger partial charge in [0.25, 0.3) is 0 Å². The van der Waals surface area contributed by atoms with E-state index in [0.29, 0.717) is 0 Å². The molecule has 4 heteroatoms. The molecule has 2 fully saturated rings. The number of nitriles is 1. The number of nitrogens with one attached hydrogen (secondary N) is 2. The van der Waals surface area contributed by atoms with E-state index in [2.05, 4.69) is 10.6 Å². The van der Waals surface area contributed by atoms with Gasteiger partial charge < -0.3 is 10.6 Å². The average Bonchev–Trinajstić information content (AvgIpc) is 2.90. The molecule has 76 valence electrons. The Morgan fingerprint density at radius 2 is 2.29 bits per heavy atom. The summed E-state index contributed by atoms with van der Waals surface area (Å²) in [6.45, 7) is 2.20. The Morgan fingerprint density at radius 3 is 2.93 bits per heavy atom. The van der Waals surface area contributed by atoms with Crippen LogP contribution in [-0.4, -0.2) is 25.5 Å². The molecule has 4 nitrogen and oxygen atoms in total. The van der Waals surface area contributed by atoms with Gasteiger partial charge in [0.2, 0.25) is 5.91 Å². The first kappa shape index (κ1) is 9.47. The minimum atomic E-state index is 0.0773. The third-order valence-corrected chi connectivity index (χ3v) is 3.45. The van der Waals surface area contributed by atoms with Crippen molar-refractivity contribution >= 4 is 5.91 Å². The van der Waals surface area contributed by atoms with E-state index >= 15 is 0 Å². The molecule has 1 amide bonds. The van der Waals surface area contributed by atoms with Crippen molar-refractivity contribution in [1.82, 2.24) is 10.6 Å². The highest BCUT2D eigenvalue weighted by Crippen LogP contribution is 2.58. The maximum Gasteiger partial charge on any atom is 0.224 e. The lowest BCUT2D eigenvalue weighted by molar-refractivity contribution is -0.123. The van der Waals surface area contributed by atoms with Crippen LogP contribution in [0.2, 0.25) is 0 Å². The highest BCUT2D eigenvalue weighted by Gasteiger charge is 2.57. The summed E-state index contributed by atoms with van der Waals surface area (Å²) in [5.41, 5.74) is 0.283. The zero-order valence-corrected chi connectivity index (χ0v) is 8.18. The standard InChI is InChI=1S/C10H15N3O/c11-3-6-13-9(14)8-7-10(8)1-4-12-5-2-10/h8,12H,1-2,4-7H2,(H,13,14). The van der Waals surface area contributed by atoms with Crippen LogP contribution in [0.5, 0.6) is 0 Å². The summed E-state index contributed by atoms with van der Waals surface area (Å²) < 4.78 is 0. The number of hydrogen-bond donors (Lipinski definition) is 2. The van der Waals surface area contributed by atoms with Crippen LogP contribution in [0.25, 0.3) is 0 Å². The summed E-state index contributed by atoms with van der Waals surface area (Å²) in [4.78, 5) is 11.6. The van der Waals surface area contributed by atoms with Crippen LogP contribution in [-0.2, 0) is 4.79 Å². The van der Waals surface area contributed by atoms with E-state index in [-0.39, 0.29) is 23.8 Å². The molecule has 0 bridgehead atoms. The number of carbonyl (C=O) groups is 1. The first-order valence-corrected chi connectivity index (χ1v) is 5.14. The molecule has 1 saturated carbocycles. The summed E-state index contributed by atoms with van der Waals surface area (Å²) >= 11 is 0. The largest absolute Gasteiger partial charge is 0.343 e. The Kier molecular flexibility index (Phi) is 2.42. The van der Waals surface area contributed by atoms with Gasteiger partial charge in [0, 0.05) is 5.92 Å². The molecule has 2 N–H and O–H groups in total. The normalized spacial score (nSPS) is 28.1. The zero-order valence-electron chi connectivity index (χ0n) is 8.18. The smallest absolute Gasteiger partial charge is 0.224 e. The molecule has 1 spiro atoms. The van der Waals surface area contributed by atoms with Crippen LogP contribution < -0.4 is 10.6 Å². The Morgan fingerprint density at radius 1 is 1.57 bits per heavy atom. The first-order chi connectivity index (χ1) is 6.78. The molecule has 1 atom stereocenters.